The monoisotopic (exact) mass is 1060 g/mol. The van der Waals surface area contributed by atoms with Gasteiger partial charge in [0.1, 0.15) is 11.8 Å². The predicted octanol–water partition coefficient (Wildman–Crippen LogP) is 6.33. The highest BCUT2D eigenvalue weighted by molar-refractivity contribution is 6.07. The van der Waals surface area contributed by atoms with Crippen LogP contribution in [0.4, 0.5) is 55.0 Å². The van der Waals surface area contributed by atoms with Crippen molar-refractivity contribution in [1.82, 2.24) is 29.7 Å². The zero-order chi connectivity index (χ0) is 56.1. The highest BCUT2D eigenvalue weighted by atomic mass is 19.4. The third-order valence-electron chi connectivity index (χ3n) is 11.5. The topological polar surface area (TPSA) is 258 Å². The number of nitrogens with one attached hydrogen (secondary N) is 4. The van der Waals surface area contributed by atoms with Crippen molar-refractivity contribution < 1.29 is 74.9 Å². The molecule has 26 heteroatoms. The van der Waals surface area contributed by atoms with Crippen molar-refractivity contribution in [3.63, 3.8) is 0 Å². The van der Waals surface area contributed by atoms with Crippen LogP contribution in [0.15, 0.2) is 85.7 Å². The van der Waals surface area contributed by atoms with Gasteiger partial charge in [-0.05, 0) is 55.8 Å². The van der Waals surface area contributed by atoms with Crippen LogP contribution >= 0.6 is 0 Å². The Morgan fingerprint density at radius 2 is 1.62 bits per heavy atom. The third-order valence-corrected chi connectivity index (χ3v) is 11.5. The van der Waals surface area contributed by atoms with Gasteiger partial charge in [0.15, 0.2) is 0 Å². The van der Waals surface area contributed by atoms with Crippen molar-refractivity contribution in [3.05, 3.63) is 96.8 Å². The molecule has 1 fully saturated rings. The number of halogens is 6. The summed E-state index contributed by atoms with van der Waals surface area (Å²) in [6, 6.07) is 17.9. The van der Waals surface area contributed by atoms with Gasteiger partial charge >= 0.3 is 24.3 Å². The number of anilines is 5. The van der Waals surface area contributed by atoms with Gasteiger partial charge in [0, 0.05) is 98.3 Å². The second-order valence-electron chi connectivity index (χ2n) is 16.7. The van der Waals surface area contributed by atoms with Crippen molar-refractivity contribution in [2.75, 3.05) is 61.2 Å². The van der Waals surface area contributed by atoms with Gasteiger partial charge in [-0.2, -0.15) is 26.3 Å². The van der Waals surface area contributed by atoms with E-state index in [1.165, 1.54) is 11.0 Å². The summed E-state index contributed by atoms with van der Waals surface area (Å²) < 4.78 is 71.4. The van der Waals surface area contributed by atoms with Gasteiger partial charge in [0.25, 0.3) is 5.91 Å². The molecule has 0 bridgehead atoms. The van der Waals surface area contributed by atoms with Crippen LogP contribution in [0, 0.1) is 12.3 Å². The van der Waals surface area contributed by atoms with Crippen LogP contribution in [0.5, 0.6) is 5.75 Å². The number of nitrogens with zero attached hydrogens (tertiary/aromatic N) is 6. The number of aromatic nitrogens is 3. The number of fused-ring (bicyclic) bond motifs is 2. The molecule has 0 radical (unpaired) electrons. The summed E-state index contributed by atoms with van der Waals surface area (Å²) in [6.07, 6.45) is 1.62. The first-order valence-electron chi connectivity index (χ1n) is 22.7. The molecule has 5 amide bonds. The lowest BCUT2D eigenvalue weighted by atomic mass is 10.0. The molecule has 20 nitrogen and oxygen atoms in total. The summed E-state index contributed by atoms with van der Waals surface area (Å²) in [4.78, 5) is 95.9. The fourth-order valence-corrected chi connectivity index (χ4v) is 7.86. The molecule has 0 aliphatic carbocycles. The number of likely N-dealkylation sites (N-methyl/N-ethyl adjacent to an activating group) is 1. The van der Waals surface area contributed by atoms with Crippen LogP contribution in [-0.4, -0.2) is 135 Å². The summed E-state index contributed by atoms with van der Waals surface area (Å²) >= 11 is 0. The van der Waals surface area contributed by atoms with Crippen molar-refractivity contribution in [2.24, 2.45) is 7.05 Å². The number of hydrogen-bond donors (Lipinski definition) is 6. The number of carboxylic acids is 2. The van der Waals surface area contributed by atoms with E-state index < -0.39 is 42.1 Å². The maximum absolute atomic E-state index is 13.2. The fraction of sp³-hybridized carbons (Fsp3) is 0.300. The van der Waals surface area contributed by atoms with Gasteiger partial charge in [0.05, 0.1) is 36.4 Å². The number of benzene rings is 3. The number of rotatable bonds is 17. The number of carboxylic acid groups (broad SMARTS) is 2. The van der Waals surface area contributed by atoms with Crippen molar-refractivity contribution in [1.29, 1.82) is 0 Å². The zero-order valence-corrected chi connectivity index (χ0v) is 40.8. The molecule has 0 spiro atoms. The summed E-state index contributed by atoms with van der Waals surface area (Å²) in [7, 11) is 5.45. The number of alkyl halides is 6. The molecule has 2 aromatic heterocycles. The van der Waals surface area contributed by atoms with E-state index in [0.717, 1.165) is 22.2 Å². The van der Waals surface area contributed by atoms with Gasteiger partial charge in [-0.3, -0.25) is 34.2 Å². The van der Waals surface area contributed by atoms with Gasteiger partial charge < -0.3 is 45.3 Å². The maximum atomic E-state index is 13.2. The van der Waals surface area contributed by atoms with Gasteiger partial charge in [0.2, 0.25) is 29.6 Å². The number of aliphatic carboxylic acids is 2. The van der Waals surface area contributed by atoms with E-state index in [9.17, 15) is 50.3 Å². The lowest BCUT2D eigenvalue weighted by Crippen LogP contribution is -2.52. The molecule has 2 aliphatic rings. The number of amides is 5. The predicted molar refractivity (Wildman–Crippen MR) is 265 cm³/mol. The number of carbonyl (C=O) groups is 7. The molecular weight excluding hydrogens is 1010 g/mol. The number of hydrogen-bond acceptors (Lipinski definition) is 13. The van der Waals surface area contributed by atoms with Crippen molar-refractivity contribution in [3.8, 4) is 29.4 Å². The third kappa shape index (κ3) is 15.1. The SMILES string of the molecule is C#CCN(CCCC(=O)Nc1cccc2c1CN(C1CCC(=O)NC1=O)C2=O)CCN(C)c1cc(OC)c(Nc2nccc(-c3cn(C)c4ccccc34)n2)cc1NC(=O)C=C.O=C(O)C(F)(F)F.O=C(O)C(F)(F)F. The second-order valence-corrected chi connectivity index (χ2v) is 16.7. The Labute approximate surface area is 429 Å². The molecule has 76 heavy (non-hydrogen) atoms. The molecule has 4 heterocycles. The van der Waals surface area contributed by atoms with Crippen LogP contribution in [0.25, 0.3) is 22.2 Å². The molecule has 1 unspecified atom stereocenters. The quantitative estimate of drug-likeness (QED) is 0.0257. The first kappa shape index (κ1) is 57.9. The van der Waals surface area contributed by atoms with Crippen LogP contribution in [-0.2, 0) is 42.4 Å². The summed E-state index contributed by atoms with van der Waals surface area (Å²) in [6.45, 7) is 5.71. The molecule has 6 N–H and O–H groups in total. The Hall–Kier alpha value is -8.99. The normalized spacial score (nSPS) is 14.0. The molecule has 7 rings (SSSR count). The van der Waals surface area contributed by atoms with Gasteiger partial charge in [-0.15, -0.1) is 6.42 Å². The van der Waals surface area contributed by atoms with Crippen LogP contribution in [0.1, 0.15) is 41.6 Å². The summed E-state index contributed by atoms with van der Waals surface area (Å²) in [5.74, 6) is -3.75. The Bertz CT molecular complexity index is 3040. The molecular formula is C50H50F6N10O10. The highest BCUT2D eigenvalue weighted by Crippen LogP contribution is 2.39. The average Bonchev–Trinajstić information content (AvgIpc) is 3.89. The minimum absolute atomic E-state index is 0.152. The fourth-order valence-electron chi connectivity index (χ4n) is 7.86. The standard InChI is InChI=1S/C46H48N10O6.2C2HF3O2/c1-6-21-55(22-11-16-42(58)48-33-14-10-13-30-32(33)28-56(45(30)61)38-17-18-43(59)52-44(38)60)24-23-53(3)39-26-40(62-5)36(25-35(39)49-41(57)7-2)51-46-47-20-19-34(50-46)31-27-54(4)37-15-9-8-12-29(31)37;2*3-2(4,5)1(6)7/h1,7-10,12-15,19-20,25-27,38H,2,11,16-18,21-24,28H2,3-5H3,(H,48,58)(H,49,57)(H,47,50,51)(H,52,59,60);2*(H,6,7). The van der Waals surface area contributed by atoms with E-state index in [4.69, 9.17) is 35.9 Å². The van der Waals surface area contributed by atoms with E-state index in [1.807, 2.05) is 49.5 Å². The number of aryl methyl sites for hydroxylation is 1. The Morgan fingerprint density at radius 1 is 0.934 bits per heavy atom. The summed E-state index contributed by atoms with van der Waals surface area (Å²) in [5, 5.41) is 26.8. The number of imide groups is 1. The largest absolute Gasteiger partial charge is 0.494 e. The summed E-state index contributed by atoms with van der Waals surface area (Å²) in [5.41, 5.74) is 6.07. The number of ether oxygens (including phenoxy) is 1. The molecule has 2 aliphatic heterocycles. The minimum Gasteiger partial charge on any atom is -0.494 e. The molecule has 5 aromatic rings. The molecule has 3 aromatic carbocycles. The maximum Gasteiger partial charge on any atom is 0.490 e. The van der Waals surface area contributed by atoms with E-state index in [-0.39, 0.29) is 43.5 Å². The van der Waals surface area contributed by atoms with Crippen molar-refractivity contribution >= 4 is 81.1 Å². The average molecular weight is 1060 g/mol. The number of para-hydroxylation sites is 1. The van der Waals surface area contributed by atoms with Crippen LogP contribution in [0.2, 0.25) is 0 Å². The molecule has 1 saturated heterocycles. The number of piperidine rings is 1. The van der Waals surface area contributed by atoms with Crippen LogP contribution < -0.4 is 30.9 Å². The Balaban J connectivity index is 0.000000671. The van der Waals surface area contributed by atoms with E-state index >= 15 is 0 Å². The first-order chi connectivity index (χ1) is 35.9. The molecule has 1 atom stereocenters. The highest BCUT2D eigenvalue weighted by Gasteiger charge is 2.41. The molecule has 402 valence electrons. The minimum atomic E-state index is -5.08. The number of terminal acetylenes is 1. The second kappa shape index (κ2) is 25.3. The van der Waals surface area contributed by atoms with Gasteiger partial charge in [-0.25, -0.2) is 19.6 Å². The van der Waals surface area contributed by atoms with E-state index in [0.29, 0.717) is 78.2 Å². The van der Waals surface area contributed by atoms with Crippen LogP contribution in [0.3, 0.4) is 0 Å². The zero-order valence-electron chi connectivity index (χ0n) is 40.8. The van der Waals surface area contributed by atoms with E-state index in [2.05, 4.69) is 60.4 Å². The Kier molecular flexibility index (Phi) is 19.3. The number of carbonyl (C=O) groups excluding carboxylic acids is 5. The van der Waals surface area contributed by atoms with Gasteiger partial charge in [-0.1, -0.05) is 36.8 Å². The smallest absolute Gasteiger partial charge is 0.490 e. The molecule has 0 saturated carbocycles. The number of methoxy groups -OCH3 is 1. The lowest BCUT2D eigenvalue weighted by molar-refractivity contribution is -0.193. The Morgan fingerprint density at radius 3 is 2.25 bits per heavy atom. The first-order valence-corrected chi connectivity index (χ1v) is 22.7. The van der Waals surface area contributed by atoms with E-state index in [1.54, 1.807) is 37.6 Å². The lowest BCUT2D eigenvalue weighted by Gasteiger charge is -2.29. The van der Waals surface area contributed by atoms with Crippen molar-refractivity contribution in [2.45, 2.75) is 50.6 Å².